The van der Waals surface area contributed by atoms with Gasteiger partial charge in [-0.15, -0.1) is 0 Å². The molecule has 1 N–H and O–H groups in total. The van der Waals surface area contributed by atoms with Gasteiger partial charge in [0.15, 0.2) is 0 Å². The fourth-order valence-electron chi connectivity index (χ4n) is 2.66. The maximum Gasteiger partial charge on any atom is 0.224 e. The van der Waals surface area contributed by atoms with Gasteiger partial charge in [-0.05, 0) is 37.1 Å². The van der Waals surface area contributed by atoms with Gasteiger partial charge in [0.05, 0.1) is 0 Å². The van der Waals surface area contributed by atoms with Crippen LogP contribution in [0.25, 0.3) is 0 Å². The van der Waals surface area contributed by atoms with Crippen LogP contribution in [0.5, 0.6) is 0 Å². The van der Waals surface area contributed by atoms with Crippen LogP contribution in [0.15, 0.2) is 24.3 Å². The first-order chi connectivity index (χ1) is 11.9. The molecule has 1 rings (SSSR count). The highest BCUT2D eigenvalue weighted by molar-refractivity contribution is 5.93. The van der Waals surface area contributed by atoms with E-state index in [1.165, 1.54) is 13.8 Å². The lowest BCUT2D eigenvalue weighted by Crippen LogP contribution is -2.37. The van der Waals surface area contributed by atoms with Gasteiger partial charge in [-0.2, -0.15) is 0 Å². The van der Waals surface area contributed by atoms with Gasteiger partial charge < -0.3 is 15.1 Å². The summed E-state index contributed by atoms with van der Waals surface area (Å²) in [5.41, 5.74) is 1.39. The van der Waals surface area contributed by atoms with E-state index in [9.17, 15) is 14.4 Å². The van der Waals surface area contributed by atoms with Gasteiger partial charge in [0.25, 0.3) is 0 Å². The second-order valence-electron chi connectivity index (χ2n) is 6.03. The summed E-state index contributed by atoms with van der Waals surface area (Å²) in [5.74, 6) is -0.184. The average molecular weight is 347 g/mol. The Morgan fingerprint density at radius 3 is 1.92 bits per heavy atom. The van der Waals surface area contributed by atoms with E-state index in [0.29, 0.717) is 24.3 Å². The topological polar surface area (TPSA) is 69.7 Å². The lowest BCUT2D eigenvalue weighted by Gasteiger charge is -2.25. The summed E-state index contributed by atoms with van der Waals surface area (Å²) in [6, 6.07) is 7.03. The molecule has 1 aromatic carbocycles. The number of hydrogen-bond donors (Lipinski definition) is 1. The number of hydrogen-bond acceptors (Lipinski definition) is 3. The number of amides is 3. The molecule has 1 aromatic rings. The Morgan fingerprint density at radius 2 is 1.48 bits per heavy atom. The largest absolute Gasteiger partial charge is 0.343 e. The molecule has 6 nitrogen and oxygen atoms in total. The zero-order valence-electron chi connectivity index (χ0n) is 15.7. The quantitative estimate of drug-likeness (QED) is 0.746. The van der Waals surface area contributed by atoms with Gasteiger partial charge in [0, 0.05) is 51.3 Å². The van der Waals surface area contributed by atoms with E-state index >= 15 is 0 Å². The Labute approximate surface area is 150 Å². The van der Waals surface area contributed by atoms with Gasteiger partial charge in [0.1, 0.15) is 0 Å². The molecule has 0 aliphatic carbocycles. The summed E-state index contributed by atoms with van der Waals surface area (Å²) in [4.78, 5) is 38.9. The summed E-state index contributed by atoms with van der Waals surface area (Å²) in [5, 5.41) is 2.69. The van der Waals surface area contributed by atoms with Crippen LogP contribution in [0.2, 0.25) is 0 Å². The van der Waals surface area contributed by atoms with Crippen LogP contribution >= 0.6 is 0 Å². The van der Waals surface area contributed by atoms with Gasteiger partial charge >= 0.3 is 0 Å². The van der Waals surface area contributed by atoms with Crippen LogP contribution in [0.4, 0.5) is 11.4 Å². The predicted molar refractivity (Wildman–Crippen MR) is 101 cm³/mol. The second-order valence-corrected chi connectivity index (χ2v) is 6.03. The maximum atomic E-state index is 12.4. The van der Waals surface area contributed by atoms with E-state index in [2.05, 4.69) is 19.2 Å². The number of carbonyl (C=O) groups is 3. The normalized spacial score (nSPS) is 10.2. The van der Waals surface area contributed by atoms with E-state index in [-0.39, 0.29) is 17.7 Å². The van der Waals surface area contributed by atoms with Crippen LogP contribution in [-0.2, 0) is 14.4 Å². The third kappa shape index (κ3) is 6.95. The maximum absolute atomic E-state index is 12.4. The Hall–Kier alpha value is -2.37. The Kier molecular flexibility index (Phi) is 8.67. The molecule has 138 valence electrons. The molecular weight excluding hydrogens is 318 g/mol. The first-order valence-corrected chi connectivity index (χ1v) is 8.82. The molecule has 0 spiro atoms. The molecule has 0 unspecified atom stereocenters. The third-order valence-electron chi connectivity index (χ3n) is 3.77. The van der Waals surface area contributed by atoms with Crippen LogP contribution in [0, 0.1) is 0 Å². The highest BCUT2D eigenvalue weighted by Gasteiger charge is 2.17. The minimum absolute atomic E-state index is 0.0739. The Balaban J connectivity index is 2.75. The first-order valence-electron chi connectivity index (χ1n) is 8.82. The molecule has 0 radical (unpaired) electrons. The number of benzene rings is 1. The zero-order chi connectivity index (χ0) is 18.8. The molecular formula is C19H29N3O3. The lowest BCUT2D eigenvalue weighted by molar-refractivity contribution is -0.131. The fourth-order valence-corrected chi connectivity index (χ4v) is 2.66. The van der Waals surface area contributed by atoms with Crippen molar-refractivity contribution in [3.63, 3.8) is 0 Å². The summed E-state index contributed by atoms with van der Waals surface area (Å²) in [6.45, 7) is 8.87. The second kappa shape index (κ2) is 10.5. The zero-order valence-corrected chi connectivity index (χ0v) is 15.7. The van der Waals surface area contributed by atoms with Gasteiger partial charge in [-0.25, -0.2) is 0 Å². The van der Waals surface area contributed by atoms with Gasteiger partial charge in [-0.1, -0.05) is 13.8 Å². The lowest BCUT2D eigenvalue weighted by atomic mass is 10.2. The van der Waals surface area contributed by atoms with Crippen molar-refractivity contribution in [1.29, 1.82) is 0 Å². The van der Waals surface area contributed by atoms with Crippen LogP contribution in [0.3, 0.4) is 0 Å². The van der Waals surface area contributed by atoms with E-state index in [1.54, 1.807) is 29.2 Å². The minimum Gasteiger partial charge on any atom is -0.343 e. The fraction of sp³-hybridized carbons (Fsp3) is 0.526. The number of anilines is 2. The highest BCUT2D eigenvalue weighted by atomic mass is 16.2. The predicted octanol–water partition coefficient (Wildman–Crippen LogP) is 3.04. The van der Waals surface area contributed by atoms with Crippen molar-refractivity contribution in [3.8, 4) is 0 Å². The Bertz CT molecular complexity index is 578. The van der Waals surface area contributed by atoms with E-state index in [1.807, 2.05) is 4.90 Å². The highest BCUT2D eigenvalue weighted by Crippen LogP contribution is 2.19. The van der Waals surface area contributed by atoms with E-state index in [0.717, 1.165) is 25.9 Å². The summed E-state index contributed by atoms with van der Waals surface area (Å²) in [6.07, 6.45) is 2.15. The molecule has 0 saturated heterocycles. The van der Waals surface area contributed by atoms with E-state index < -0.39 is 0 Å². The van der Waals surface area contributed by atoms with Crippen LogP contribution < -0.4 is 10.2 Å². The van der Waals surface area contributed by atoms with Crippen molar-refractivity contribution in [2.75, 3.05) is 29.9 Å². The van der Waals surface area contributed by atoms with Crippen molar-refractivity contribution in [3.05, 3.63) is 24.3 Å². The Morgan fingerprint density at radius 1 is 0.920 bits per heavy atom. The molecule has 0 aliphatic heterocycles. The minimum atomic E-state index is -0.145. The van der Waals surface area contributed by atoms with Crippen molar-refractivity contribution in [2.24, 2.45) is 0 Å². The number of carbonyl (C=O) groups excluding carboxylic acids is 3. The van der Waals surface area contributed by atoms with Crippen molar-refractivity contribution in [1.82, 2.24) is 4.90 Å². The summed E-state index contributed by atoms with van der Waals surface area (Å²) >= 11 is 0. The SMILES string of the molecule is CCCN(CCC)C(=O)CCN(C(C)=O)c1ccc(NC(C)=O)cc1. The molecule has 0 aromatic heterocycles. The smallest absolute Gasteiger partial charge is 0.224 e. The summed E-state index contributed by atoms with van der Waals surface area (Å²) < 4.78 is 0. The molecule has 0 bridgehead atoms. The molecule has 0 aliphatic rings. The molecule has 25 heavy (non-hydrogen) atoms. The standard InChI is InChI=1S/C19H29N3O3/c1-5-12-21(13-6-2)19(25)11-14-22(16(4)24)18-9-7-17(8-10-18)20-15(3)23/h7-10H,5-6,11-14H2,1-4H3,(H,20,23). The van der Waals surface area contributed by atoms with Crippen LogP contribution in [0.1, 0.15) is 47.0 Å². The molecule has 6 heteroatoms. The van der Waals surface area contributed by atoms with Crippen molar-refractivity contribution < 1.29 is 14.4 Å². The van der Waals surface area contributed by atoms with Gasteiger partial charge in [0.2, 0.25) is 17.7 Å². The average Bonchev–Trinajstić information content (AvgIpc) is 2.55. The number of nitrogens with one attached hydrogen (secondary N) is 1. The van der Waals surface area contributed by atoms with Crippen LogP contribution in [-0.4, -0.2) is 42.3 Å². The molecule has 0 fully saturated rings. The molecule has 0 atom stereocenters. The monoisotopic (exact) mass is 347 g/mol. The molecule has 0 saturated carbocycles. The molecule has 3 amide bonds. The van der Waals surface area contributed by atoms with Gasteiger partial charge in [-0.3, -0.25) is 14.4 Å². The van der Waals surface area contributed by atoms with Crippen molar-refractivity contribution >= 4 is 29.1 Å². The third-order valence-corrected chi connectivity index (χ3v) is 3.77. The first kappa shape index (κ1) is 20.7. The molecule has 0 heterocycles. The number of nitrogens with zero attached hydrogens (tertiary/aromatic N) is 2. The number of rotatable bonds is 9. The summed E-state index contributed by atoms with van der Waals surface area (Å²) in [7, 11) is 0. The van der Waals surface area contributed by atoms with Crippen molar-refractivity contribution in [2.45, 2.75) is 47.0 Å². The van der Waals surface area contributed by atoms with E-state index in [4.69, 9.17) is 0 Å².